The number of ether oxygens (including phenoxy) is 1. The monoisotopic (exact) mass is 238 g/mol. The Kier molecular flexibility index (Phi) is 3.70. The number of carbonyl (C=O) groups excluding carboxylic acids is 1. The highest BCUT2D eigenvalue weighted by molar-refractivity contribution is 5.70. The maximum Gasteiger partial charge on any atom is 0.310 e. The second-order valence-electron chi connectivity index (χ2n) is 5.77. The quantitative estimate of drug-likeness (QED) is 0.746. The van der Waals surface area contributed by atoms with Gasteiger partial charge in [-0.05, 0) is 17.6 Å². The molecule has 17 heavy (non-hydrogen) atoms. The van der Waals surface area contributed by atoms with Gasteiger partial charge in [-0.3, -0.25) is 4.79 Å². The Hall–Kier alpha value is -1.25. The zero-order valence-corrected chi connectivity index (χ0v) is 11.3. The van der Waals surface area contributed by atoms with Crippen LogP contribution in [0.3, 0.4) is 0 Å². The highest BCUT2D eigenvalue weighted by Crippen LogP contribution is 2.49. The van der Waals surface area contributed by atoms with E-state index in [2.05, 4.69) is 20.8 Å². The van der Waals surface area contributed by atoms with E-state index in [1.165, 1.54) is 0 Å². The molecule has 0 radical (unpaired) electrons. The molecule has 0 saturated heterocycles. The molecule has 1 rings (SSSR count). The van der Waals surface area contributed by atoms with Crippen LogP contribution in [-0.2, 0) is 9.53 Å². The van der Waals surface area contributed by atoms with Crippen LogP contribution in [0, 0.1) is 10.8 Å². The Morgan fingerprint density at radius 2 is 2.06 bits per heavy atom. The largest absolute Gasteiger partial charge is 0.512 e. The molecule has 1 unspecified atom stereocenters. The van der Waals surface area contributed by atoms with E-state index in [1.54, 1.807) is 19.1 Å². The molecule has 0 aliphatic heterocycles. The second-order valence-corrected chi connectivity index (χ2v) is 5.77. The van der Waals surface area contributed by atoms with Gasteiger partial charge >= 0.3 is 5.97 Å². The van der Waals surface area contributed by atoms with Gasteiger partial charge in [0.15, 0.2) is 0 Å². The molecule has 3 heteroatoms. The van der Waals surface area contributed by atoms with Crippen LogP contribution in [0.5, 0.6) is 0 Å². The first-order chi connectivity index (χ1) is 7.70. The van der Waals surface area contributed by atoms with Crippen LogP contribution in [0.2, 0.25) is 0 Å². The summed E-state index contributed by atoms with van der Waals surface area (Å²) < 4.78 is 5.25. The maximum atomic E-state index is 11.3. The van der Waals surface area contributed by atoms with Crippen molar-refractivity contribution in [2.75, 3.05) is 0 Å². The molecular formula is C14H22O3. The van der Waals surface area contributed by atoms with Crippen LogP contribution in [0.1, 0.15) is 47.5 Å². The first-order valence-electron chi connectivity index (χ1n) is 6.01. The number of allylic oxidation sites excluding steroid dienone is 4. The summed E-state index contributed by atoms with van der Waals surface area (Å²) in [6.07, 6.45) is 4.22. The van der Waals surface area contributed by atoms with Crippen LogP contribution in [0.15, 0.2) is 23.7 Å². The molecule has 0 heterocycles. The minimum Gasteiger partial charge on any atom is -0.512 e. The molecule has 0 amide bonds. The van der Waals surface area contributed by atoms with Gasteiger partial charge in [-0.15, -0.1) is 0 Å². The Morgan fingerprint density at radius 3 is 2.53 bits per heavy atom. The molecule has 1 aliphatic carbocycles. The van der Waals surface area contributed by atoms with Gasteiger partial charge in [0.25, 0.3) is 0 Å². The number of rotatable bonds is 2. The summed E-state index contributed by atoms with van der Waals surface area (Å²) in [6, 6.07) is 0. The number of hydrogen-bond donors (Lipinski definition) is 1. The SMILES string of the molecule is CCC(=O)OC1=CC=C(O)C(C)(C(C)(C)C)C1. The molecule has 1 atom stereocenters. The van der Waals surface area contributed by atoms with Gasteiger partial charge in [-0.1, -0.05) is 34.6 Å². The van der Waals surface area contributed by atoms with Crippen LogP contribution < -0.4 is 0 Å². The molecule has 0 saturated carbocycles. The van der Waals surface area contributed by atoms with Crippen molar-refractivity contribution in [1.29, 1.82) is 0 Å². The highest BCUT2D eigenvalue weighted by Gasteiger charge is 2.43. The molecule has 0 bridgehead atoms. The summed E-state index contributed by atoms with van der Waals surface area (Å²) in [5, 5.41) is 10.0. The average Bonchev–Trinajstić information content (AvgIpc) is 2.22. The van der Waals surface area contributed by atoms with E-state index in [4.69, 9.17) is 4.74 Å². The van der Waals surface area contributed by atoms with Gasteiger partial charge in [0.1, 0.15) is 5.76 Å². The summed E-state index contributed by atoms with van der Waals surface area (Å²) in [5.41, 5.74) is -0.503. The zero-order chi connectivity index (χ0) is 13.3. The van der Waals surface area contributed by atoms with Gasteiger partial charge in [-0.2, -0.15) is 0 Å². The van der Waals surface area contributed by atoms with E-state index >= 15 is 0 Å². The van der Waals surface area contributed by atoms with Crippen LogP contribution >= 0.6 is 0 Å². The van der Waals surface area contributed by atoms with Gasteiger partial charge in [0.05, 0.1) is 5.76 Å². The molecule has 0 fully saturated rings. The fourth-order valence-corrected chi connectivity index (χ4v) is 1.79. The molecule has 96 valence electrons. The normalized spacial score (nSPS) is 25.0. The van der Waals surface area contributed by atoms with Crippen molar-refractivity contribution >= 4 is 5.97 Å². The molecule has 0 spiro atoms. The summed E-state index contributed by atoms with van der Waals surface area (Å²) >= 11 is 0. The Morgan fingerprint density at radius 1 is 1.47 bits per heavy atom. The number of aliphatic hydroxyl groups is 1. The van der Waals surface area contributed by atoms with Crippen molar-refractivity contribution in [2.24, 2.45) is 10.8 Å². The van der Waals surface area contributed by atoms with Crippen LogP contribution in [-0.4, -0.2) is 11.1 Å². The van der Waals surface area contributed by atoms with Crippen LogP contribution in [0.25, 0.3) is 0 Å². The standard InChI is InChI=1S/C14H22O3/c1-6-12(16)17-10-7-8-11(15)14(5,9-10)13(2,3)4/h7-8,15H,6,9H2,1-5H3. The minimum absolute atomic E-state index is 0.105. The minimum atomic E-state index is -0.398. The van der Waals surface area contributed by atoms with Crippen molar-refractivity contribution < 1.29 is 14.6 Å². The van der Waals surface area contributed by atoms with E-state index in [0.717, 1.165) is 0 Å². The Labute approximate surface area is 103 Å². The van der Waals surface area contributed by atoms with E-state index in [1.807, 2.05) is 6.92 Å². The molecule has 0 aromatic rings. The molecule has 1 aliphatic rings. The van der Waals surface area contributed by atoms with Gasteiger partial charge < -0.3 is 9.84 Å². The van der Waals surface area contributed by atoms with E-state index in [0.29, 0.717) is 24.4 Å². The van der Waals surface area contributed by atoms with Crippen LogP contribution in [0.4, 0.5) is 0 Å². The van der Waals surface area contributed by atoms with Crippen molar-refractivity contribution in [2.45, 2.75) is 47.5 Å². The maximum absolute atomic E-state index is 11.3. The lowest BCUT2D eigenvalue weighted by Crippen LogP contribution is -2.36. The number of hydrogen-bond acceptors (Lipinski definition) is 3. The summed E-state index contributed by atoms with van der Waals surface area (Å²) in [5.74, 6) is 0.746. The number of esters is 1. The smallest absolute Gasteiger partial charge is 0.310 e. The number of carbonyl (C=O) groups is 1. The van der Waals surface area contributed by atoms with Gasteiger partial charge in [0, 0.05) is 18.3 Å². The van der Waals surface area contributed by atoms with E-state index < -0.39 is 5.41 Å². The molecule has 0 aromatic heterocycles. The summed E-state index contributed by atoms with van der Waals surface area (Å²) in [4.78, 5) is 11.3. The predicted octanol–water partition coefficient (Wildman–Crippen LogP) is 3.72. The zero-order valence-electron chi connectivity index (χ0n) is 11.3. The van der Waals surface area contributed by atoms with Crippen molar-refractivity contribution in [3.05, 3.63) is 23.7 Å². The first kappa shape index (κ1) is 13.8. The Bertz CT molecular complexity index is 371. The second kappa shape index (κ2) is 4.55. The van der Waals surface area contributed by atoms with E-state index in [9.17, 15) is 9.90 Å². The number of aliphatic hydroxyl groups excluding tert-OH is 1. The van der Waals surface area contributed by atoms with E-state index in [-0.39, 0.29) is 11.4 Å². The Balaban J connectivity index is 2.94. The van der Waals surface area contributed by atoms with Crippen molar-refractivity contribution in [1.82, 2.24) is 0 Å². The van der Waals surface area contributed by atoms with Gasteiger partial charge in [-0.25, -0.2) is 0 Å². The predicted molar refractivity (Wildman–Crippen MR) is 67.4 cm³/mol. The third kappa shape index (κ3) is 2.71. The molecule has 3 nitrogen and oxygen atoms in total. The lowest BCUT2D eigenvalue weighted by atomic mass is 9.63. The summed E-state index contributed by atoms with van der Waals surface area (Å²) in [6.45, 7) is 9.97. The topological polar surface area (TPSA) is 46.5 Å². The first-order valence-corrected chi connectivity index (χ1v) is 6.01. The lowest BCUT2D eigenvalue weighted by Gasteiger charge is -2.43. The molecule has 1 N–H and O–H groups in total. The van der Waals surface area contributed by atoms with Crippen molar-refractivity contribution in [3.63, 3.8) is 0 Å². The molecule has 0 aromatic carbocycles. The third-order valence-electron chi connectivity index (χ3n) is 3.71. The van der Waals surface area contributed by atoms with Gasteiger partial charge in [0.2, 0.25) is 0 Å². The fraction of sp³-hybridized carbons (Fsp3) is 0.643. The fourth-order valence-electron chi connectivity index (χ4n) is 1.79. The third-order valence-corrected chi connectivity index (χ3v) is 3.71. The summed E-state index contributed by atoms with van der Waals surface area (Å²) in [7, 11) is 0. The lowest BCUT2D eigenvalue weighted by molar-refractivity contribution is -0.140. The average molecular weight is 238 g/mol. The highest BCUT2D eigenvalue weighted by atomic mass is 16.5. The van der Waals surface area contributed by atoms with Crippen molar-refractivity contribution in [3.8, 4) is 0 Å². The molecular weight excluding hydrogens is 216 g/mol.